The quantitative estimate of drug-likeness (QED) is 0.0386. The van der Waals surface area contributed by atoms with Crippen LogP contribution < -0.4 is 30.9 Å². The predicted molar refractivity (Wildman–Crippen MR) is 312 cm³/mol. The number of benzene rings is 3. The Balaban J connectivity index is 0.746. The number of piperazine rings is 1. The van der Waals surface area contributed by atoms with E-state index in [4.69, 9.17) is 4.74 Å². The molecular weight excluding hydrogens is 1060 g/mol. The molecule has 0 unspecified atom stereocenters. The highest BCUT2D eigenvalue weighted by molar-refractivity contribution is 7.13. The first kappa shape index (κ1) is 59.9. The van der Waals surface area contributed by atoms with Crippen LogP contribution in [0.5, 0.6) is 5.75 Å². The van der Waals surface area contributed by atoms with E-state index in [0.717, 1.165) is 59.4 Å². The van der Waals surface area contributed by atoms with Crippen molar-refractivity contribution < 1.29 is 38.2 Å². The molecule has 430 valence electrons. The number of aryl methyl sites for hydroxylation is 1. The van der Waals surface area contributed by atoms with Crippen LogP contribution in [0, 0.1) is 29.5 Å². The van der Waals surface area contributed by atoms with Crippen LogP contribution in [-0.4, -0.2) is 135 Å². The molecule has 0 radical (unpaired) electrons. The molecule has 2 aliphatic rings. The van der Waals surface area contributed by atoms with E-state index in [1.807, 2.05) is 69.6 Å². The number of amides is 5. The van der Waals surface area contributed by atoms with E-state index in [1.165, 1.54) is 36.4 Å². The molecule has 19 nitrogen and oxygen atoms in total. The molecular formula is C61H71FN12O7S. The lowest BCUT2D eigenvalue weighted by Gasteiger charge is -2.36. The van der Waals surface area contributed by atoms with Crippen LogP contribution >= 0.6 is 11.3 Å². The van der Waals surface area contributed by atoms with Gasteiger partial charge < -0.3 is 40.9 Å². The Kier molecular flexibility index (Phi) is 20.5. The minimum absolute atomic E-state index is 0.00239. The molecule has 5 amide bonds. The summed E-state index contributed by atoms with van der Waals surface area (Å²) in [5, 5.41) is 32.4. The maximum Gasteiger partial charge on any atom is 0.274 e. The number of carbonyl (C=O) groups excluding carboxylic acids is 5. The summed E-state index contributed by atoms with van der Waals surface area (Å²) in [6.45, 7) is 10.8. The van der Waals surface area contributed by atoms with Crippen molar-refractivity contribution in [2.75, 3.05) is 63.1 Å². The van der Waals surface area contributed by atoms with E-state index in [1.54, 1.807) is 41.9 Å². The summed E-state index contributed by atoms with van der Waals surface area (Å²) in [7, 11) is 1.41. The van der Waals surface area contributed by atoms with E-state index in [-0.39, 0.29) is 73.0 Å². The lowest BCUT2D eigenvalue weighted by Crippen LogP contribution is -2.57. The van der Waals surface area contributed by atoms with Gasteiger partial charge >= 0.3 is 0 Å². The summed E-state index contributed by atoms with van der Waals surface area (Å²) >= 11 is 1.57. The third-order valence-electron chi connectivity index (χ3n) is 14.7. The minimum atomic E-state index is -0.895. The van der Waals surface area contributed by atoms with E-state index in [2.05, 4.69) is 57.1 Å². The SMILES string of the molecule is COc1cccc(F)c1-c1nccc(C(=O)Nc2ccc(-c3cnccc3C#N)cc2N2CCN(CC(=O)NCCCCCCCCC(=O)N[C@H](C(=O)N3C[C@H](O)C[C@H]3C(=O)NCc3ccc(-c4scnc4C)cc3)C(C)(C)C)CC2)n1. The van der Waals surface area contributed by atoms with Crippen LogP contribution in [0.1, 0.15) is 99.4 Å². The monoisotopic (exact) mass is 1130 g/mol. The average Bonchev–Trinajstić information content (AvgIpc) is 4.25. The van der Waals surface area contributed by atoms with Gasteiger partial charge in [-0.3, -0.25) is 33.9 Å². The molecule has 0 aliphatic carbocycles. The van der Waals surface area contributed by atoms with Crippen LogP contribution in [0.25, 0.3) is 33.0 Å². The number of nitriles is 1. The van der Waals surface area contributed by atoms with Gasteiger partial charge in [0, 0.05) is 82.8 Å². The number of rotatable bonds is 23. The number of aliphatic hydroxyl groups excluding tert-OH is 1. The first-order valence-electron chi connectivity index (χ1n) is 27.8. The predicted octanol–water partition coefficient (Wildman–Crippen LogP) is 7.69. The van der Waals surface area contributed by atoms with E-state index < -0.39 is 41.2 Å². The number of likely N-dealkylation sites (tertiary alicyclic amines) is 1. The average molecular weight is 1140 g/mol. The van der Waals surface area contributed by atoms with E-state index >= 15 is 0 Å². The van der Waals surface area contributed by atoms with Crippen molar-refractivity contribution in [2.45, 2.75) is 104 Å². The fourth-order valence-electron chi connectivity index (χ4n) is 10.2. The zero-order valence-corrected chi connectivity index (χ0v) is 47.9. The van der Waals surface area contributed by atoms with Gasteiger partial charge in [0.1, 0.15) is 29.3 Å². The van der Waals surface area contributed by atoms with Crippen LogP contribution in [-0.2, 0) is 25.7 Å². The Labute approximate surface area is 481 Å². The summed E-state index contributed by atoms with van der Waals surface area (Å²) in [6, 6.07) is 21.3. The second-order valence-electron chi connectivity index (χ2n) is 21.7. The molecule has 6 aromatic rings. The molecule has 2 saturated heterocycles. The van der Waals surface area contributed by atoms with Crippen molar-refractivity contribution in [3.63, 3.8) is 0 Å². The number of halogens is 1. The molecule has 8 rings (SSSR count). The largest absolute Gasteiger partial charge is 0.496 e. The Hall–Kier alpha value is -8.19. The van der Waals surface area contributed by atoms with Gasteiger partial charge in [-0.2, -0.15) is 5.26 Å². The summed E-state index contributed by atoms with van der Waals surface area (Å²) in [5.74, 6) is -1.98. The van der Waals surface area contributed by atoms with Gasteiger partial charge in [0.15, 0.2) is 5.82 Å². The zero-order valence-electron chi connectivity index (χ0n) is 47.0. The molecule has 0 spiro atoms. The maximum absolute atomic E-state index is 15.0. The highest BCUT2D eigenvalue weighted by atomic mass is 32.1. The summed E-state index contributed by atoms with van der Waals surface area (Å²) in [4.78, 5) is 91.7. The fourth-order valence-corrected chi connectivity index (χ4v) is 11.0. The van der Waals surface area contributed by atoms with Crippen molar-refractivity contribution in [3.8, 4) is 44.8 Å². The number of aromatic nitrogens is 4. The number of nitrogens with one attached hydrogen (secondary N) is 4. The van der Waals surface area contributed by atoms with Gasteiger partial charge in [-0.25, -0.2) is 19.3 Å². The number of unbranched alkanes of at least 4 members (excludes halogenated alkanes) is 5. The number of ether oxygens (including phenoxy) is 1. The van der Waals surface area contributed by atoms with Crippen LogP contribution in [0.3, 0.4) is 0 Å². The number of hydrogen-bond acceptors (Lipinski definition) is 15. The number of β-amino-alcohol motifs (C(OH)–C–C–N with tert-alkyl or cyclic N) is 1. The number of nitrogens with zero attached hydrogens (tertiary/aromatic N) is 8. The van der Waals surface area contributed by atoms with Gasteiger partial charge in [-0.05, 0) is 78.3 Å². The highest BCUT2D eigenvalue weighted by Gasteiger charge is 2.44. The molecule has 3 atom stereocenters. The Morgan fingerprint density at radius 1 is 0.890 bits per heavy atom. The second kappa shape index (κ2) is 28.0. The molecule has 82 heavy (non-hydrogen) atoms. The molecule has 0 bridgehead atoms. The molecule has 5 N–H and O–H groups in total. The van der Waals surface area contributed by atoms with Crippen molar-refractivity contribution in [3.05, 3.63) is 125 Å². The summed E-state index contributed by atoms with van der Waals surface area (Å²) in [6.07, 6.45) is 9.10. The fraction of sp³-hybridized carbons (Fsp3) is 0.410. The number of hydrogen-bond donors (Lipinski definition) is 5. The Morgan fingerprint density at radius 2 is 1.63 bits per heavy atom. The van der Waals surface area contributed by atoms with Gasteiger partial charge in [0.2, 0.25) is 23.6 Å². The summed E-state index contributed by atoms with van der Waals surface area (Å²) in [5.41, 5.74) is 7.11. The first-order chi connectivity index (χ1) is 39.5. The second-order valence-corrected chi connectivity index (χ2v) is 22.6. The van der Waals surface area contributed by atoms with Gasteiger partial charge in [0.05, 0.1) is 64.4 Å². The number of carbonyl (C=O) groups is 5. The highest BCUT2D eigenvalue weighted by Crippen LogP contribution is 2.35. The van der Waals surface area contributed by atoms with Crippen molar-refractivity contribution in [1.82, 2.24) is 45.7 Å². The number of aliphatic hydroxyl groups is 1. The van der Waals surface area contributed by atoms with Crippen molar-refractivity contribution in [1.29, 1.82) is 5.26 Å². The third kappa shape index (κ3) is 15.4. The lowest BCUT2D eigenvalue weighted by molar-refractivity contribution is -0.144. The topological polar surface area (TPSA) is 248 Å². The maximum atomic E-state index is 15.0. The molecule has 2 fully saturated rings. The normalized spacial score (nSPS) is 15.8. The third-order valence-corrected chi connectivity index (χ3v) is 15.7. The standard InChI is InChI=1S/C61H71FN12O7S/c1-39-55(82-38-68-39)41-18-16-40(17-19-41)34-67-59(79)50-32-44(75)36-74(50)60(80)56(61(2,3)4)71-52(76)15-10-8-6-7-9-11-24-65-53(77)37-72-27-29-73(30-28-72)49-31-42(45-35-64-25-22-43(45)33-63)20-21-47(49)70-58(78)48-23-26-66-57(69-48)54-46(62)13-12-14-51(54)81-5/h12-14,16-23,25-26,31,35,38,44,50,56,75H,6-11,15,24,27-30,32,34,36-37H2,1-5H3,(H,65,77)(H,67,79)(H,70,78)(H,71,76)/t44-,50+,56-/m1/s1. The molecule has 5 heterocycles. The van der Waals surface area contributed by atoms with E-state index in [0.29, 0.717) is 61.6 Å². The number of methoxy groups -OCH3 is 1. The molecule has 3 aromatic carbocycles. The van der Waals surface area contributed by atoms with Crippen LogP contribution in [0.2, 0.25) is 0 Å². The Morgan fingerprint density at radius 3 is 2.35 bits per heavy atom. The van der Waals surface area contributed by atoms with Crippen LogP contribution in [0.4, 0.5) is 15.8 Å². The number of anilines is 2. The smallest absolute Gasteiger partial charge is 0.274 e. The summed E-state index contributed by atoms with van der Waals surface area (Å²) < 4.78 is 20.3. The van der Waals surface area contributed by atoms with Gasteiger partial charge in [-0.15, -0.1) is 11.3 Å². The number of thiazole rings is 1. The molecule has 21 heteroatoms. The lowest BCUT2D eigenvalue weighted by atomic mass is 9.85. The first-order valence-corrected chi connectivity index (χ1v) is 28.6. The molecule has 3 aromatic heterocycles. The van der Waals surface area contributed by atoms with Gasteiger partial charge in [0.25, 0.3) is 5.91 Å². The van der Waals surface area contributed by atoms with E-state index in [9.17, 15) is 38.7 Å². The molecule has 2 aliphatic heterocycles. The molecule has 0 saturated carbocycles. The minimum Gasteiger partial charge on any atom is -0.496 e. The number of pyridine rings is 1. The van der Waals surface area contributed by atoms with Crippen LogP contribution in [0.15, 0.2) is 96.9 Å². The zero-order chi connectivity index (χ0) is 58.3. The van der Waals surface area contributed by atoms with Gasteiger partial charge in [-0.1, -0.05) is 82.9 Å². The van der Waals surface area contributed by atoms with Crippen molar-refractivity contribution >= 4 is 52.2 Å². The Bertz CT molecular complexity index is 3260. The van der Waals surface area contributed by atoms with Crippen molar-refractivity contribution in [2.24, 2.45) is 5.41 Å².